The van der Waals surface area contributed by atoms with Crippen LogP contribution in [-0.2, 0) is 16.0 Å². The van der Waals surface area contributed by atoms with Crippen LogP contribution in [0.1, 0.15) is 12.1 Å². The average Bonchev–Trinajstić information content (AvgIpc) is 2.75. The zero-order valence-electron chi connectivity index (χ0n) is 9.87. The van der Waals surface area contributed by atoms with Crippen LogP contribution < -0.4 is 5.73 Å². The van der Waals surface area contributed by atoms with Gasteiger partial charge in [0, 0.05) is 25.0 Å². The molecule has 0 radical (unpaired) electrons. The molecule has 2 rings (SSSR count). The van der Waals surface area contributed by atoms with Gasteiger partial charge in [0.05, 0.1) is 6.42 Å². The minimum absolute atomic E-state index is 0.0635. The van der Waals surface area contributed by atoms with Gasteiger partial charge in [-0.15, -0.1) is 0 Å². The van der Waals surface area contributed by atoms with Crippen molar-refractivity contribution in [3.05, 3.63) is 30.1 Å². The summed E-state index contributed by atoms with van der Waals surface area (Å²) < 4.78 is 0. The number of pyridine rings is 1. The molecule has 2 heterocycles. The SMILES string of the molecule is NC1(C(=O)O)CCN(C(=O)Cc2ccccn2)C1. The second-order valence-corrected chi connectivity index (χ2v) is 4.52. The van der Waals surface area contributed by atoms with Crippen LogP contribution >= 0.6 is 0 Å². The number of aliphatic carboxylic acids is 1. The molecule has 0 bridgehead atoms. The quantitative estimate of drug-likeness (QED) is 0.762. The highest BCUT2D eigenvalue weighted by Gasteiger charge is 2.42. The van der Waals surface area contributed by atoms with Gasteiger partial charge in [0.2, 0.25) is 5.91 Å². The first-order valence-corrected chi connectivity index (χ1v) is 5.71. The second-order valence-electron chi connectivity index (χ2n) is 4.52. The number of carboxylic acids is 1. The zero-order valence-corrected chi connectivity index (χ0v) is 9.87. The minimum atomic E-state index is -1.31. The van der Waals surface area contributed by atoms with Gasteiger partial charge in [-0.25, -0.2) is 0 Å². The third-order valence-electron chi connectivity index (χ3n) is 3.14. The number of carbonyl (C=O) groups is 2. The minimum Gasteiger partial charge on any atom is -0.480 e. The van der Waals surface area contributed by atoms with Crippen LogP contribution in [-0.4, -0.2) is 45.5 Å². The normalized spacial score (nSPS) is 23.1. The number of hydrogen-bond acceptors (Lipinski definition) is 4. The van der Waals surface area contributed by atoms with Gasteiger partial charge >= 0.3 is 5.97 Å². The van der Waals surface area contributed by atoms with Crippen LogP contribution in [0, 0.1) is 0 Å². The lowest BCUT2D eigenvalue weighted by molar-refractivity contribution is -0.143. The summed E-state index contributed by atoms with van der Waals surface area (Å²) in [6, 6.07) is 5.35. The van der Waals surface area contributed by atoms with Crippen LogP contribution in [0.2, 0.25) is 0 Å². The lowest BCUT2D eigenvalue weighted by Crippen LogP contribution is -2.50. The summed E-state index contributed by atoms with van der Waals surface area (Å²) in [7, 11) is 0. The van der Waals surface area contributed by atoms with E-state index in [1.165, 1.54) is 4.90 Å². The molecular formula is C12H15N3O3. The summed E-state index contributed by atoms with van der Waals surface area (Å²) in [4.78, 5) is 28.5. The number of aromatic nitrogens is 1. The molecule has 1 aliphatic rings. The molecule has 1 aliphatic heterocycles. The fraction of sp³-hybridized carbons (Fsp3) is 0.417. The smallest absolute Gasteiger partial charge is 0.325 e. The summed E-state index contributed by atoms with van der Waals surface area (Å²) in [5.74, 6) is -1.20. The zero-order chi connectivity index (χ0) is 13.2. The molecule has 1 saturated heterocycles. The molecule has 1 aromatic rings. The van der Waals surface area contributed by atoms with E-state index in [1.54, 1.807) is 18.3 Å². The number of nitrogens with two attached hydrogens (primary N) is 1. The third-order valence-corrected chi connectivity index (χ3v) is 3.14. The number of nitrogens with zero attached hydrogens (tertiary/aromatic N) is 2. The van der Waals surface area contributed by atoms with E-state index in [4.69, 9.17) is 10.8 Å². The average molecular weight is 249 g/mol. The largest absolute Gasteiger partial charge is 0.480 e. The van der Waals surface area contributed by atoms with E-state index in [0.717, 1.165) is 0 Å². The predicted octanol–water partition coefficient (Wildman–Crippen LogP) is -0.361. The maximum atomic E-state index is 12.0. The number of likely N-dealkylation sites (tertiary alicyclic amines) is 1. The van der Waals surface area contributed by atoms with E-state index in [9.17, 15) is 9.59 Å². The maximum absolute atomic E-state index is 12.0. The Bertz CT molecular complexity index is 463. The van der Waals surface area contributed by atoms with Gasteiger partial charge in [0.15, 0.2) is 0 Å². The molecule has 6 heteroatoms. The Morgan fingerprint density at radius 2 is 2.28 bits per heavy atom. The van der Waals surface area contributed by atoms with E-state index >= 15 is 0 Å². The Labute approximate surface area is 104 Å². The number of hydrogen-bond donors (Lipinski definition) is 2. The Balaban J connectivity index is 1.98. The third kappa shape index (κ3) is 2.48. The lowest BCUT2D eigenvalue weighted by atomic mass is 10.0. The molecule has 96 valence electrons. The number of amides is 1. The van der Waals surface area contributed by atoms with E-state index in [-0.39, 0.29) is 25.3 Å². The van der Waals surface area contributed by atoms with Crippen molar-refractivity contribution in [1.29, 1.82) is 0 Å². The predicted molar refractivity (Wildman–Crippen MR) is 63.7 cm³/mol. The Kier molecular flexibility index (Phi) is 3.29. The van der Waals surface area contributed by atoms with Gasteiger partial charge in [-0.05, 0) is 18.6 Å². The molecule has 18 heavy (non-hydrogen) atoms. The van der Waals surface area contributed by atoms with Crippen LogP contribution in [0.25, 0.3) is 0 Å². The highest BCUT2D eigenvalue weighted by atomic mass is 16.4. The van der Waals surface area contributed by atoms with Gasteiger partial charge in [-0.2, -0.15) is 0 Å². The molecule has 1 amide bonds. The van der Waals surface area contributed by atoms with Crippen molar-refractivity contribution in [1.82, 2.24) is 9.88 Å². The van der Waals surface area contributed by atoms with E-state index < -0.39 is 11.5 Å². The van der Waals surface area contributed by atoms with Gasteiger partial charge in [0.25, 0.3) is 0 Å². The molecule has 0 aliphatic carbocycles. The molecule has 1 fully saturated rings. The summed E-state index contributed by atoms with van der Waals surface area (Å²) >= 11 is 0. The van der Waals surface area contributed by atoms with E-state index in [1.807, 2.05) is 6.07 Å². The molecule has 0 saturated carbocycles. The summed E-state index contributed by atoms with van der Waals surface area (Å²) in [6.45, 7) is 0.447. The van der Waals surface area contributed by atoms with Crippen molar-refractivity contribution in [2.45, 2.75) is 18.4 Å². The topological polar surface area (TPSA) is 96.5 Å². The first-order valence-electron chi connectivity index (χ1n) is 5.71. The maximum Gasteiger partial charge on any atom is 0.325 e. The number of rotatable bonds is 3. The summed E-state index contributed by atoms with van der Waals surface area (Å²) in [5.41, 5.74) is 5.08. The summed E-state index contributed by atoms with van der Waals surface area (Å²) in [5, 5.41) is 8.99. The molecule has 1 aromatic heterocycles. The van der Waals surface area contributed by atoms with Gasteiger partial charge < -0.3 is 15.7 Å². The van der Waals surface area contributed by atoms with Gasteiger partial charge in [-0.1, -0.05) is 6.07 Å². The van der Waals surface area contributed by atoms with Crippen LogP contribution in [0.15, 0.2) is 24.4 Å². The Morgan fingerprint density at radius 3 is 2.83 bits per heavy atom. The molecule has 0 spiro atoms. The molecule has 3 N–H and O–H groups in total. The first-order chi connectivity index (χ1) is 8.51. The van der Waals surface area contributed by atoms with Gasteiger partial charge in [0.1, 0.15) is 5.54 Å². The van der Waals surface area contributed by atoms with Crippen molar-refractivity contribution in [2.75, 3.05) is 13.1 Å². The fourth-order valence-corrected chi connectivity index (χ4v) is 1.99. The number of carbonyl (C=O) groups excluding carboxylic acids is 1. The number of carboxylic acid groups (broad SMARTS) is 1. The second kappa shape index (κ2) is 4.73. The lowest BCUT2D eigenvalue weighted by Gasteiger charge is -2.20. The van der Waals surface area contributed by atoms with Crippen molar-refractivity contribution >= 4 is 11.9 Å². The standard InChI is InChI=1S/C12H15N3O3/c13-12(11(17)18)4-6-15(8-12)10(16)7-9-3-1-2-5-14-9/h1-3,5H,4,6-8,13H2,(H,17,18). The highest BCUT2D eigenvalue weighted by molar-refractivity contribution is 5.83. The van der Waals surface area contributed by atoms with Crippen LogP contribution in [0.4, 0.5) is 0 Å². The van der Waals surface area contributed by atoms with Crippen molar-refractivity contribution in [2.24, 2.45) is 5.73 Å². The molecule has 1 unspecified atom stereocenters. The van der Waals surface area contributed by atoms with E-state index in [0.29, 0.717) is 12.2 Å². The Hall–Kier alpha value is -1.95. The molecule has 1 atom stereocenters. The Morgan fingerprint density at radius 1 is 1.50 bits per heavy atom. The van der Waals surface area contributed by atoms with Crippen molar-refractivity contribution in [3.8, 4) is 0 Å². The van der Waals surface area contributed by atoms with Crippen molar-refractivity contribution in [3.63, 3.8) is 0 Å². The first kappa shape index (κ1) is 12.5. The highest BCUT2D eigenvalue weighted by Crippen LogP contribution is 2.19. The van der Waals surface area contributed by atoms with Crippen LogP contribution in [0.5, 0.6) is 0 Å². The molecular weight excluding hydrogens is 234 g/mol. The molecule has 0 aromatic carbocycles. The van der Waals surface area contributed by atoms with Crippen LogP contribution in [0.3, 0.4) is 0 Å². The summed E-state index contributed by atoms with van der Waals surface area (Å²) in [6.07, 6.45) is 2.09. The molecule has 6 nitrogen and oxygen atoms in total. The van der Waals surface area contributed by atoms with Crippen molar-refractivity contribution < 1.29 is 14.7 Å². The fourth-order valence-electron chi connectivity index (χ4n) is 1.99. The van der Waals surface area contributed by atoms with Gasteiger partial charge in [-0.3, -0.25) is 14.6 Å². The van der Waals surface area contributed by atoms with E-state index in [2.05, 4.69) is 4.98 Å². The monoisotopic (exact) mass is 249 g/mol.